The second-order valence-corrected chi connectivity index (χ2v) is 9.97. The normalized spacial score (nSPS) is 14.8. The van der Waals surface area contributed by atoms with Gasteiger partial charge < -0.3 is 31.8 Å². The van der Waals surface area contributed by atoms with E-state index in [9.17, 15) is 24.3 Å². The molecule has 34 heavy (non-hydrogen) atoms. The fourth-order valence-electron chi connectivity index (χ4n) is 3.14. The van der Waals surface area contributed by atoms with Crippen molar-refractivity contribution >= 4 is 35.5 Å². The van der Waals surface area contributed by atoms with Gasteiger partial charge in [0, 0.05) is 18.3 Å². The number of nitrogens with zero attached hydrogens (tertiary/aromatic N) is 1. The second-order valence-electron chi connectivity index (χ2n) is 8.98. The number of carboxylic acid groups (broad SMARTS) is 1. The standard InChI is InChI=1S/C22H38N6O5S/c1-12(2)8-16(20(30)28-17(22(32)33)9-14-10-24-11-25-14)27-19(29)15(6-7-34-5)26-21(31)18(23)13(3)4/h10-13,15-18H,6-9,23H2,1-5H3,(H,24,25)(H,26,31)(H,27,29)(H,28,30)(H,32,33). The van der Waals surface area contributed by atoms with Gasteiger partial charge in [-0.2, -0.15) is 11.8 Å². The summed E-state index contributed by atoms with van der Waals surface area (Å²) in [6, 6.07) is -3.80. The van der Waals surface area contributed by atoms with E-state index in [1.54, 1.807) is 0 Å². The molecule has 1 rings (SSSR count). The zero-order valence-electron chi connectivity index (χ0n) is 20.5. The Labute approximate surface area is 204 Å². The van der Waals surface area contributed by atoms with E-state index < -0.39 is 47.9 Å². The first-order chi connectivity index (χ1) is 16.0. The molecule has 4 unspecified atom stereocenters. The Morgan fingerprint density at radius 2 is 1.62 bits per heavy atom. The molecule has 0 aromatic carbocycles. The van der Waals surface area contributed by atoms with E-state index in [-0.39, 0.29) is 18.3 Å². The van der Waals surface area contributed by atoms with Gasteiger partial charge in [0.15, 0.2) is 0 Å². The van der Waals surface area contributed by atoms with Crippen LogP contribution in [0.2, 0.25) is 0 Å². The Kier molecular flexibility index (Phi) is 12.7. The number of carboxylic acids is 1. The Bertz CT molecular complexity index is 802. The van der Waals surface area contributed by atoms with Crippen molar-refractivity contribution < 1.29 is 24.3 Å². The Morgan fingerprint density at radius 3 is 2.12 bits per heavy atom. The number of nitrogens with two attached hydrogens (primary N) is 1. The van der Waals surface area contributed by atoms with Crippen molar-refractivity contribution in [3.63, 3.8) is 0 Å². The summed E-state index contributed by atoms with van der Waals surface area (Å²) in [6.07, 6.45) is 5.46. The predicted molar refractivity (Wildman–Crippen MR) is 131 cm³/mol. The predicted octanol–water partition coefficient (Wildman–Crippen LogP) is 0.274. The Morgan fingerprint density at radius 1 is 1.03 bits per heavy atom. The highest BCUT2D eigenvalue weighted by Gasteiger charge is 2.31. The first kappa shape index (κ1) is 29.4. The molecule has 3 amide bonds. The number of aromatic nitrogens is 2. The van der Waals surface area contributed by atoms with Crippen LogP contribution in [0.4, 0.5) is 0 Å². The third kappa shape index (κ3) is 10.1. The van der Waals surface area contributed by atoms with Gasteiger partial charge in [0.25, 0.3) is 0 Å². The maximum Gasteiger partial charge on any atom is 0.326 e. The lowest BCUT2D eigenvalue weighted by molar-refractivity contribution is -0.142. The highest BCUT2D eigenvalue weighted by atomic mass is 32.2. The highest BCUT2D eigenvalue weighted by Crippen LogP contribution is 2.09. The number of hydrogen-bond acceptors (Lipinski definition) is 7. The molecule has 0 spiro atoms. The number of nitrogens with one attached hydrogen (secondary N) is 4. The number of carbonyl (C=O) groups is 4. The summed E-state index contributed by atoms with van der Waals surface area (Å²) >= 11 is 1.52. The van der Waals surface area contributed by atoms with Gasteiger partial charge in [-0.1, -0.05) is 27.7 Å². The Balaban J connectivity index is 2.96. The van der Waals surface area contributed by atoms with Gasteiger partial charge in [-0.15, -0.1) is 0 Å². The van der Waals surface area contributed by atoms with Gasteiger partial charge in [-0.05, 0) is 36.7 Å². The zero-order valence-corrected chi connectivity index (χ0v) is 21.3. The van der Waals surface area contributed by atoms with Crippen LogP contribution in [0.15, 0.2) is 12.5 Å². The van der Waals surface area contributed by atoms with E-state index in [1.165, 1.54) is 24.3 Å². The molecule has 0 aliphatic heterocycles. The van der Waals surface area contributed by atoms with Gasteiger partial charge >= 0.3 is 5.97 Å². The number of imidazole rings is 1. The quantitative estimate of drug-likeness (QED) is 0.199. The smallest absolute Gasteiger partial charge is 0.326 e. The van der Waals surface area contributed by atoms with Crippen molar-refractivity contribution in [2.45, 2.75) is 71.1 Å². The number of aliphatic carboxylic acids is 1. The lowest BCUT2D eigenvalue weighted by atomic mass is 10.0. The number of thioether (sulfide) groups is 1. The number of hydrogen-bond donors (Lipinski definition) is 6. The van der Waals surface area contributed by atoms with Crippen LogP contribution >= 0.6 is 11.8 Å². The lowest BCUT2D eigenvalue weighted by Gasteiger charge is -2.26. The van der Waals surface area contributed by atoms with Crippen LogP contribution in [0.5, 0.6) is 0 Å². The molecule has 0 fully saturated rings. The summed E-state index contributed by atoms with van der Waals surface area (Å²) in [6.45, 7) is 7.40. The van der Waals surface area contributed by atoms with Crippen LogP contribution in [0.3, 0.4) is 0 Å². The molecule has 0 radical (unpaired) electrons. The van der Waals surface area contributed by atoms with Gasteiger partial charge in [0.05, 0.1) is 12.4 Å². The van der Waals surface area contributed by atoms with Crippen LogP contribution in [-0.2, 0) is 25.6 Å². The van der Waals surface area contributed by atoms with Gasteiger partial charge in [-0.3, -0.25) is 14.4 Å². The molecule has 0 saturated carbocycles. The van der Waals surface area contributed by atoms with E-state index in [4.69, 9.17) is 5.73 Å². The van der Waals surface area contributed by atoms with E-state index in [0.29, 0.717) is 24.3 Å². The molecule has 0 aliphatic rings. The molecule has 0 aliphatic carbocycles. The maximum absolute atomic E-state index is 13.1. The summed E-state index contributed by atoms with van der Waals surface area (Å²) in [5, 5.41) is 17.5. The highest BCUT2D eigenvalue weighted by molar-refractivity contribution is 7.98. The average Bonchev–Trinajstić information content (AvgIpc) is 3.27. The number of amides is 3. The van der Waals surface area contributed by atoms with E-state index in [2.05, 4.69) is 25.9 Å². The molecule has 192 valence electrons. The van der Waals surface area contributed by atoms with Crippen molar-refractivity contribution in [3.8, 4) is 0 Å². The minimum atomic E-state index is -1.20. The zero-order chi connectivity index (χ0) is 25.8. The summed E-state index contributed by atoms with van der Waals surface area (Å²) in [5.41, 5.74) is 6.47. The van der Waals surface area contributed by atoms with E-state index in [0.717, 1.165) is 0 Å². The van der Waals surface area contributed by atoms with Gasteiger partial charge in [-0.25, -0.2) is 9.78 Å². The molecule has 7 N–H and O–H groups in total. The first-order valence-corrected chi connectivity index (χ1v) is 12.7. The molecule has 1 aromatic rings. The summed E-state index contributed by atoms with van der Waals surface area (Å²) in [5.74, 6) is -2.21. The largest absolute Gasteiger partial charge is 0.480 e. The van der Waals surface area contributed by atoms with Gasteiger partial charge in [0.1, 0.15) is 18.1 Å². The number of H-pyrrole nitrogens is 1. The van der Waals surface area contributed by atoms with Crippen molar-refractivity contribution in [3.05, 3.63) is 18.2 Å². The summed E-state index contributed by atoms with van der Waals surface area (Å²) in [4.78, 5) is 56.9. The van der Waals surface area contributed by atoms with Crippen LogP contribution < -0.4 is 21.7 Å². The lowest BCUT2D eigenvalue weighted by Crippen LogP contribution is -2.58. The number of rotatable bonds is 15. The summed E-state index contributed by atoms with van der Waals surface area (Å²) < 4.78 is 0. The van der Waals surface area contributed by atoms with Crippen LogP contribution in [0.1, 0.15) is 46.2 Å². The molecular formula is C22H38N6O5S. The van der Waals surface area contributed by atoms with Crippen molar-refractivity contribution in [2.24, 2.45) is 17.6 Å². The topological polar surface area (TPSA) is 179 Å². The fraction of sp³-hybridized carbons (Fsp3) is 0.682. The van der Waals surface area contributed by atoms with E-state index in [1.807, 2.05) is 34.0 Å². The molecule has 1 aromatic heterocycles. The van der Waals surface area contributed by atoms with Gasteiger partial charge in [0.2, 0.25) is 17.7 Å². The first-order valence-electron chi connectivity index (χ1n) is 11.3. The minimum Gasteiger partial charge on any atom is -0.480 e. The third-order valence-electron chi connectivity index (χ3n) is 5.20. The molecule has 4 atom stereocenters. The molecule has 0 saturated heterocycles. The molecule has 11 nitrogen and oxygen atoms in total. The molecule has 12 heteroatoms. The third-order valence-corrected chi connectivity index (χ3v) is 5.84. The maximum atomic E-state index is 13.1. The minimum absolute atomic E-state index is 0.0168. The molecule has 1 heterocycles. The van der Waals surface area contributed by atoms with Crippen LogP contribution in [-0.4, -0.2) is 74.9 Å². The van der Waals surface area contributed by atoms with Crippen molar-refractivity contribution in [1.29, 1.82) is 0 Å². The second kappa shape index (κ2) is 14.6. The van der Waals surface area contributed by atoms with Crippen molar-refractivity contribution in [1.82, 2.24) is 25.9 Å². The number of carbonyl (C=O) groups excluding carboxylic acids is 3. The average molecular weight is 499 g/mol. The van der Waals surface area contributed by atoms with Crippen LogP contribution in [0, 0.1) is 11.8 Å². The number of aromatic amines is 1. The van der Waals surface area contributed by atoms with Crippen LogP contribution in [0.25, 0.3) is 0 Å². The van der Waals surface area contributed by atoms with Crippen molar-refractivity contribution in [2.75, 3.05) is 12.0 Å². The monoisotopic (exact) mass is 498 g/mol. The summed E-state index contributed by atoms with van der Waals surface area (Å²) in [7, 11) is 0. The van der Waals surface area contributed by atoms with E-state index >= 15 is 0 Å². The molecule has 0 bridgehead atoms. The Hall–Kier alpha value is -2.60. The SMILES string of the molecule is CSCCC(NC(=O)C(N)C(C)C)C(=O)NC(CC(C)C)C(=O)NC(Cc1cnc[nH]1)C(=O)O. The molecular weight excluding hydrogens is 460 g/mol. The fourth-order valence-corrected chi connectivity index (χ4v) is 3.61.